The molecule has 0 unspecified atom stereocenters. The molecule has 0 atom stereocenters. The Hall–Kier alpha value is -2.95. The van der Waals surface area contributed by atoms with Crippen molar-refractivity contribution in [3.05, 3.63) is 48.5 Å². The number of hydrogen-bond donors (Lipinski definition) is 1. The minimum Gasteiger partial charge on any atom is -0.507 e. The quantitative estimate of drug-likeness (QED) is 0.786. The van der Waals surface area contributed by atoms with E-state index in [0.29, 0.717) is 43.1 Å². The Labute approximate surface area is 139 Å². The van der Waals surface area contributed by atoms with Gasteiger partial charge in [0.15, 0.2) is 5.82 Å². The molecule has 24 heavy (non-hydrogen) atoms. The van der Waals surface area contributed by atoms with Crippen LogP contribution in [0.5, 0.6) is 5.75 Å². The van der Waals surface area contributed by atoms with Gasteiger partial charge in [0.1, 0.15) is 17.4 Å². The maximum atomic E-state index is 11.5. The van der Waals surface area contributed by atoms with Crippen LogP contribution in [0.4, 0.5) is 5.82 Å². The zero-order valence-electron chi connectivity index (χ0n) is 13.1. The highest BCUT2D eigenvalue weighted by molar-refractivity contribution is 5.92. The molecule has 1 N–H and O–H groups in total. The van der Waals surface area contributed by atoms with Crippen LogP contribution in [-0.4, -0.2) is 33.9 Å². The van der Waals surface area contributed by atoms with Crippen LogP contribution in [-0.2, 0) is 4.79 Å². The van der Waals surface area contributed by atoms with Gasteiger partial charge in [-0.3, -0.25) is 4.79 Å². The second-order valence-corrected chi connectivity index (χ2v) is 5.93. The molecule has 1 fully saturated rings. The number of ketones is 1. The van der Waals surface area contributed by atoms with Crippen molar-refractivity contribution in [3.63, 3.8) is 0 Å². The molecule has 0 spiro atoms. The zero-order chi connectivity index (χ0) is 16.5. The number of nitrogens with zero attached hydrogens (tertiary/aromatic N) is 3. The Morgan fingerprint density at radius 1 is 0.917 bits per heavy atom. The Morgan fingerprint density at radius 2 is 1.62 bits per heavy atom. The molecule has 5 nitrogen and oxygen atoms in total. The summed E-state index contributed by atoms with van der Waals surface area (Å²) in [6, 6.07) is 14.9. The van der Waals surface area contributed by atoms with E-state index in [4.69, 9.17) is 4.98 Å². The number of para-hydroxylation sites is 2. The average Bonchev–Trinajstić information content (AvgIpc) is 2.62. The molecule has 0 amide bonds. The monoisotopic (exact) mass is 319 g/mol. The fourth-order valence-corrected chi connectivity index (χ4v) is 3.05. The van der Waals surface area contributed by atoms with Gasteiger partial charge in [-0.05, 0) is 24.3 Å². The van der Waals surface area contributed by atoms with Crippen LogP contribution in [0.15, 0.2) is 48.5 Å². The Kier molecular flexibility index (Phi) is 3.61. The first kappa shape index (κ1) is 14.6. The normalized spacial score (nSPS) is 15.0. The molecular formula is C19H17N3O2. The lowest BCUT2D eigenvalue weighted by molar-refractivity contribution is -0.119. The van der Waals surface area contributed by atoms with Crippen molar-refractivity contribution in [1.29, 1.82) is 0 Å². The summed E-state index contributed by atoms with van der Waals surface area (Å²) in [5.74, 6) is 1.78. The topological polar surface area (TPSA) is 66.3 Å². The molecule has 5 heteroatoms. The maximum Gasteiger partial charge on any atom is 0.165 e. The molecule has 1 aliphatic rings. The van der Waals surface area contributed by atoms with Gasteiger partial charge in [-0.15, -0.1) is 0 Å². The first-order valence-corrected chi connectivity index (χ1v) is 8.04. The number of carbonyl (C=O) groups is 1. The predicted octanol–water partition coefficient (Wildman–Crippen LogP) is 3.17. The number of hydrogen-bond acceptors (Lipinski definition) is 5. The Bertz CT molecular complexity index is 913. The van der Waals surface area contributed by atoms with Gasteiger partial charge in [-0.2, -0.15) is 0 Å². The van der Waals surface area contributed by atoms with E-state index in [9.17, 15) is 9.90 Å². The first-order chi connectivity index (χ1) is 11.7. The fourth-order valence-electron chi connectivity index (χ4n) is 3.05. The molecule has 1 aliphatic heterocycles. The van der Waals surface area contributed by atoms with Crippen molar-refractivity contribution in [2.24, 2.45) is 0 Å². The van der Waals surface area contributed by atoms with Crippen LogP contribution >= 0.6 is 0 Å². The number of piperidine rings is 1. The zero-order valence-corrected chi connectivity index (χ0v) is 13.1. The third-order valence-electron chi connectivity index (χ3n) is 4.35. The Balaban J connectivity index is 1.88. The van der Waals surface area contributed by atoms with E-state index in [1.165, 1.54) is 0 Å². The second-order valence-electron chi connectivity index (χ2n) is 5.93. The van der Waals surface area contributed by atoms with Gasteiger partial charge in [0.2, 0.25) is 0 Å². The highest BCUT2D eigenvalue weighted by Crippen LogP contribution is 2.32. The molecule has 0 aliphatic carbocycles. The van der Waals surface area contributed by atoms with Gasteiger partial charge in [0, 0.05) is 31.3 Å². The van der Waals surface area contributed by atoms with Crippen molar-refractivity contribution < 1.29 is 9.90 Å². The van der Waals surface area contributed by atoms with Crippen LogP contribution in [0.1, 0.15) is 12.8 Å². The number of carbonyl (C=O) groups excluding carboxylic acids is 1. The number of benzene rings is 2. The molecule has 2 aromatic carbocycles. The highest BCUT2D eigenvalue weighted by atomic mass is 16.3. The van der Waals surface area contributed by atoms with Gasteiger partial charge in [0.25, 0.3) is 0 Å². The number of fused-ring (bicyclic) bond motifs is 1. The number of phenols is 1. The van der Waals surface area contributed by atoms with Crippen molar-refractivity contribution in [1.82, 2.24) is 9.97 Å². The number of aromatic nitrogens is 2. The summed E-state index contributed by atoms with van der Waals surface area (Å²) in [5, 5.41) is 11.1. The number of phenolic OH excluding ortho intramolecular Hbond substituents is 1. The van der Waals surface area contributed by atoms with E-state index >= 15 is 0 Å². The van der Waals surface area contributed by atoms with Crippen molar-refractivity contribution in [3.8, 4) is 17.1 Å². The lowest BCUT2D eigenvalue weighted by Gasteiger charge is -2.28. The summed E-state index contributed by atoms with van der Waals surface area (Å²) in [4.78, 5) is 23.0. The molecule has 0 radical (unpaired) electrons. The van der Waals surface area contributed by atoms with Crippen molar-refractivity contribution in [2.45, 2.75) is 12.8 Å². The second kappa shape index (κ2) is 5.92. The molecule has 0 saturated carbocycles. The van der Waals surface area contributed by atoms with E-state index in [1.807, 2.05) is 36.4 Å². The first-order valence-electron chi connectivity index (χ1n) is 8.04. The molecule has 0 bridgehead atoms. The third kappa shape index (κ3) is 2.58. The molecule has 2 heterocycles. The van der Waals surface area contributed by atoms with Crippen molar-refractivity contribution in [2.75, 3.05) is 18.0 Å². The Morgan fingerprint density at radius 3 is 2.42 bits per heavy atom. The van der Waals surface area contributed by atoms with Gasteiger partial charge < -0.3 is 10.0 Å². The standard InChI is InChI=1S/C19H17N3O2/c23-13-9-11-22(12-10-13)19-14-5-1-3-7-16(14)20-18(21-19)15-6-2-4-8-17(15)24/h1-8,24H,9-12H2. The SMILES string of the molecule is O=C1CCN(c2nc(-c3ccccc3O)nc3ccccc23)CC1. The van der Waals surface area contributed by atoms with E-state index in [-0.39, 0.29) is 5.75 Å². The van der Waals surface area contributed by atoms with Gasteiger partial charge >= 0.3 is 0 Å². The lowest BCUT2D eigenvalue weighted by Crippen LogP contribution is -2.34. The van der Waals surface area contributed by atoms with E-state index in [1.54, 1.807) is 12.1 Å². The summed E-state index contributed by atoms with van der Waals surface area (Å²) >= 11 is 0. The number of Topliss-reactive ketones (excluding diaryl/α,β-unsaturated/α-hetero) is 1. The summed E-state index contributed by atoms with van der Waals surface area (Å²) in [6.07, 6.45) is 1.09. The number of anilines is 1. The summed E-state index contributed by atoms with van der Waals surface area (Å²) in [5.41, 5.74) is 1.44. The van der Waals surface area contributed by atoms with Crippen LogP contribution in [0.2, 0.25) is 0 Å². The molecular weight excluding hydrogens is 302 g/mol. The van der Waals surface area contributed by atoms with Crippen LogP contribution in [0, 0.1) is 0 Å². The van der Waals surface area contributed by atoms with Crippen LogP contribution < -0.4 is 4.90 Å². The molecule has 1 aromatic heterocycles. The van der Waals surface area contributed by atoms with Gasteiger partial charge in [-0.25, -0.2) is 9.97 Å². The van der Waals surface area contributed by atoms with Gasteiger partial charge in [-0.1, -0.05) is 24.3 Å². The number of aromatic hydroxyl groups is 1. The minimum absolute atomic E-state index is 0.160. The smallest absolute Gasteiger partial charge is 0.165 e. The summed E-state index contributed by atoms with van der Waals surface area (Å²) in [6.45, 7) is 1.33. The minimum atomic E-state index is 0.160. The predicted molar refractivity (Wildman–Crippen MR) is 93.1 cm³/mol. The summed E-state index contributed by atoms with van der Waals surface area (Å²) < 4.78 is 0. The highest BCUT2D eigenvalue weighted by Gasteiger charge is 2.21. The average molecular weight is 319 g/mol. The molecule has 120 valence electrons. The lowest BCUT2D eigenvalue weighted by atomic mass is 10.1. The third-order valence-corrected chi connectivity index (χ3v) is 4.35. The molecule has 4 rings (SSSR count). The van der Waals surface area contributed by atoms with E-state index in [0.717, 1.165) is 16.7 Å². The van der Waals surface area contributed by atoms with Crippen molar-refractivity contribution >= 4 is 22.5 Å². The van der Waals surface area contributed by atoms with Crippen LogP contribution in [0.25, 0.3) is 22.3 Å². The number of rotatable bonds is 2. The fraction of sp³-hybridized carbons (Fsp3) is 0.211. The molecule has 3 aromatic rings. The van der Waals surface area contributed by atoms with Crippen LogP contribution in [0.3, 0.4) is 0 Å². The maximum absolute atomic E-state index is 11.5. The molecule has 1 saturated heterocycles. The van der Waals surface area contributed by atoms with E-state index in [2.05, 4.69) is 9.88 Å². The van der Waals surface area contributed by atoms with E-state index < -0.39 is 0 Å². The van der Waals surface area contributed by atoms with Gasteiger partial charge in [0.05, 0.1) is 11.1 Å². The summed E-state index contributed by atoms with van der Waals surface area (Å²) in [7, 11) is 0. The largest absolute Gasteiger partial charge is 0.507 e.